The minimum atomic E-state index is -2.93. The molecular weight excluding hydrogens is 413 g/mol. The Morgan fingerprint density at radius 3 is 2.39 bits per heavy atom. The summed E-state index contributed by atoms with van der Waals surface area (Å²) in [6.45, 7) is 1.66. The summed E-state index contributed by atoms with van der Waals surface area (Å²) in [5.74, 6) is -1.46. The first kappa shape index (κ1) is 18.0. The van der Waals surface area contributed by atoms with Crippen molar-refractivity contribution in [1.82, 2.24) is 5.32 Å². The maximum atomic E-state index is 14.3. The number of cyclic esters (lactones) is 1. The second kappa shape index (κ2) is 6.62. The number of nitrogens with zero attached hydrogens (tertiary/aromatic N) is 1. The van der Waals surface area contributed by atoms with Crippen LogP contribution in [0.15, 0.2) is 12.1 Å². The first-order chi connectivity index (χ1) is 10.6. The molecule has 2 amide bonds. The van der Waals surface area contributed by atoms with Crippen LogP contribution in [0.2, 0.25) is 14.8 Å². The predicted octanol–water partition coefficient (Wildman–Crippen LogP) is 1.97. The summed E-state index contributed by atoms with van der Waals surface area (Å²) in [4.78, 5) is 29.7. The van der Waals surface area contributed by atoms with Crippen LogP contribution in [-0.4, -0.2) is 49.6 Å². The van der Waals surface area contributed by atoms with E-state index in [0.717, 1.165) is 0 Å². The van der Waals surface area contributed by atoms with Gasteiger partial charge in [-0.1, -0.05) is 0 Å². The standard InChI is InChI=1S/C12H11F2N2O3.3CH3.Sn/c1-7(17)15-5-11-6-16(12(18)19-11)10-3-8(13)2-9(14)4-10;;;;/h3-4,11H,5-6H2,1H3,(H,15,17);3*1H3;/t11-;;;;/m0..../s1. The van der Waals surface area contributed by atoms with Gasteiger partial charge in [0.15, 0.2) is 0 Å². The molecule has 0 bridgehead atoms. The fourth-order valence-corrected chi connectivity index (χ4v) is 7.03. The van der Waals surface area contributed by atoms with Crippen molar-refractivity contribution in [1.29, 1.82) is 0 Å². The van der Waals surface area contributed by atoms with Crippen LogP contribution in [0, 0.1) is 11.6 Å². The molecule has 0 saturated carbocycles. The molecule has 0 radical (unpaired) electrons. The summed E-state index contributed by atoms with van der Waals surface area (Å²) >= 11 is -2.93. The van der Waals surface area contributed by atoms with Gasteiger partial charge < -0.3 is 0 Å². The van der Waals surface area contributed by atoms with Gasteiger partial charge in [0.1, 0.15) is 0 Å². The van der Waals surface area contributed by atoms with E-state index < -0.39 is 42.2 Å². The number of anilines is 1. The molecular formula is C15H20F2N2O3Sn. The fourth-order valence-electron chi connectivity index (χ4n) is 2.53. The first-order valence-electron chi connectivity index (χ1n) is 7.31. The molecule has 2 rings (SSSR count). The summed E-state index contributed by atoms with van der Waals surface area (Å²) in [6.07, 6.45) is -1.22. The number of ether oxygens (including phenoxy) is 1. The zero-order valence-corrected chi connectivity index (χ0v) is 16.4. The Hall–Kier alpha value is -1.38. The molecule has 1 aromatic carbocycles. The normalized spacial score (nSPS) is 18.1. The van der Waals surface area contributed by atoms with Gasteiger partial charge in [-0.2, -0.15) is 0 Å². The Morgan fingerprint density at radius 2 is 1.91 bits per heavy atom. The molecule has 23 heavy (non-hydrogen) atoms. The van der Waals surface area contributed by atoms with Crippen LogP contribution in [0.4, 0.5) is 19.3 Å². The van der Waals surface area contributed by atoms with E-state index in [4.69, 9.17) is 4.74 Å². The van der Waals surface area contributed by atoms with Crippen molar-refractivity contribution in [2.24, 2.45) is 0 Å². The van der Waals surface area contributed by atoms with Gasteiger partial charge in [0, 0.05) is 0 Å². The van der Waals surface area contributed by atoms with E-state index in [0.29, 0.717) is 0 Å². The number of nitrogens with one attached hydrogen (secondary N) is 1. The van der Waals surface area contributed by atoms with Crippen LogP contribution in [0.1, 0.15) is 6.92 Å². The predicted molar refractivity (Wildman–Crippen MR) is 85.6 cm³/mol. The number of hydrogen-bond acceptors (Lipinski definition) is 3. The van der Waals surface area contributed by atoms with E-state index in [1.807, 2.05) is 14.8 Å². The number of benzene rings is 1. The van der Waals surface area contributed by atoms with Gasteiger partial charge in [0.25, 0.3) is 0 Å². The Labute approximate surface area is 137 Å². The van der Waals surface area contributed by atoms with E-state index in [-0.39, 0.29) is 28.3 Å². The second-order valence-electron chi connectivity index (χ2n) is 6.59. The average molecular weight is 433 g/mol. The van der Waals surface area contributed by atoms with Gasteiger partial charge in [0.05, 0.1) is 0 Å². The summed E-state index contributed by atoms with van der Waals surface area (Å²) in [6, 6.07) is 2.37. The quantitative estimate of drug-likeness (QED) is 0.740. The number of amides is 2. The van der Waals surface area contributed by atoms with Crippen molar-refractivity contribution in [3.63, 3.8) is 0 Å². The number of carbonyl (C=O) groups is 2. The van der Waals surface area contributed by atoms with Gasteiger partial charge in [0.2, 0.25) is 0 Å². The van der Waals surface area contributed by atoms with E-state index >= 15 is 0 Å². The third-order valence-corrected chi connectivity index (χ3v) is 9.19. The number of halogens is 2. The molecule has 8 heteroatoms. The van der Waals surface area contributed by atoms with Crippen LogP contribution in [0.5, 0.6) is 0 Å². The third-order valence-electron chi connectivity index (χ3n) is 3.54. The average Bonchev–Trinajstić information content (AvgIpc) is 2.75. The molecule has 1 N–H and O–H groups in total. The van der Waals surface area contributed by atoms with Crippen LogP contribution >= 0.6 is 0 Å². The van der Waals surface area contributed by atoms with Gasteiger partial charge in [-0.25, -0.2) is 0 Å². The van der Waals surface area contributed by atoms with Crippen molar-refractivity contribution < 1.29 is 23.1 Å². The molecule has 1 aromatic rings. The molecule has 1 aliphatic rings. The Bertz CT molecular complexity index is 623. The van der Waals surface area contributed by atoms with E-state index in [1.165, 1.54) is 24.0 Å². The summed E-state index contributed by atoms with van der Waals surface area (Å²) in [5.41, 5.74) is 0.134. The molecule has 0 unspecified atom stereocenters. The van der Waals surface area contributed by atoms with E-state index in [9.17, 15) is 18.4 Å². The molecule has 1 heterocycles. The Morgan fingerprint density at radius 1 is 1.35 bits per heavy atom. The monoisotopic (exact) mass is 434 g/mol. The molecule has 1 atom stereocenters. The first-order valence-corrected chi connectivity index (χ1v) is 17.3. The number of rotatable bonds is 4. The summed E-state index contributed by atoms with van der Waals surface area (Å²) < 4.78 is 33.9. The van der Waals surface area contributed by atoms with Gasteiger partial charge in [-0.05, 0) is 0 Å². The topological polar surface area (TPSA) is 58.6 Å². The SMILES string of the molecule is CC(=O)NC[C@H]1CN(c2cc(F)[c]([Sn]([CH3])([CH3])[CH3])c(F)c2)C(=O)O1. The van der Waals surface area contributed by atoms with Crippen LogP contribution in [0.25, 0.3) is 0 Å². The van der Waals surface area contributed by atoms with Gasteiger partial charge in [-0.3, -0.25) is 0 Å². The van der Waals surface area contributed by atoms with E-state index in [1.54, 1.807) is 0 Å². The Kier molecular flexibility index (Phi) is 5.17. The minimum absolute atomic E-state index is 0.134. The zero-order chi connectivity index (χ0) is 17.4. The number of hydrogen-bond donors (Lipinski definition) is 1. The van der Waals surface area contributed by atoms with E-state index in [2.05, 4.69) is 5.32 Å². The van der Waals surface area contributed by atoms with Gasteiger partial charge in [-0.15, -0.1) is 0 Å². The molecule has 5 nitrogen and oxygen atoms in total. The van der Waals surface area contributed by atoms with Crippen LogP contribution in [-0.2, 0) is 9.53 Å². The fraction of sp³-hybridized carbons (Fsp3) is 0.467. The zero-order valence-electron chi connectivity index (χ0n) is 13.6. The number of carbonyl (C=O) groups excluding carboxylic acids is 2. The Balaban J connectivity index is 2.23. The third kappa shape index (κ3) is 4.13. The van der Waals surface area contributed by atoms with Crippen molar-refractivity contribution in [3.8, 4) is 0 Å². The molecule has 1 saturated heterocycles. The van der Waals surface area contributed by atoms with Crippen molar-refractivity contribution in [3.05, 3.63) is 23.8 Å². The van der Waals surface area contributed by atoms with Crippen LogP contribution in [0.3, 0.4) is 0 Å². The molecule has 0 spiro atoms. The second-order valence-corrected chi connectivity index (χ2v) is 20.9. The summed E-state index contributed by atoms with van der Waals surface area (Å²) in [7, 11) is 0. The maximum absolute atomic E-state index is 14.3. The van der Waals surface area contributed by atoms with Gasteiger partial charge >= 0.3 is 138 Å². The summed E-state index contributed by atoms with van der Waals surface area (Å²) in [5, 5.41) is 2.55. The molecule has 0 aromatic heterocycles. The molecule has 1 aliphatic heterocycles. The molecule has 126 valence electrons. The van der Waals surface area contributed by atoms with Crippen molar-refractivity contribution in [2.75, 3.05) is 18.0 Å². The molecule has 0 aliphatic carbocycles. The molecule has 1 fully saturated rings. The van der Waals surface area contributed by atoms with Crippen LogP contribution < -0.4 is 13.8 Å². The van der Waals surface area contributed by atoms with Crippen molar-refractivity contribution in [2.45, 2.75) is 27.8 Å². The van der Waals surface area contributed by atoms with Crippen molar-refractivity contribution >= 4 is 39.6 Å².